The summed E-state index contributed by atoms with van der Waals surface area (Å²) in [5, 5.41) is 0. The van der Waals surface area contributed by atoms with Gasteiger partial charge in [-0.1, -0.05) is 6.07 Å². The number of amides is 1. The van der Waals surface area contributed by atoms with E-state index in [0.29, 0.717) is 11.3 Å². The van der Waals surface area contributed by atoms with Crippen molar-refractivity contribution < 1.29 is 19.1 Å². The first-order chi connectivity index (χ1) is 9.43. The summed E-state index contributed by atoms with van der Waals surface area (Å²) in [6.45, 7) is 1.89. The Balaban J connectivity index is 1.98. The molecule has 0 radical (unpaired) electrons. The smallest absolute Gasteiger partial charge is 0.339 e. The van der Waals surface area contributed by atoms with Gasteiger partial charge >= 0.3 is 11.9 Å². The molecule has 2 heterocycles. The van der Waals surface area contributed by atoms with Crippen LogP contribution in [0.1, 0.15) is 35.7 Å². The van der Waals surface area contributed by atoms with Gasteiger partial charge < -0.3 is 15.4 Å². The molecule has 0 bridgehead atoms. The Morgan fingerprint density at radius 3 is 2.70 bits per heavy atom. The van der Waals surface area contributed by atoms with Crippen molar-refractivity contribution in [2.75, 3.05) is 5.73 Å². The van der Waals surface area contributed by atoms with E-state index in [1.807, 2.05) is 0 Å². The Kier molecular flexibility index (Phi) is 2.57. The minimum Gasteiger partial charge on any atom is -0.398 e. The second kappa shape index (κ2) is 4.06. The molecule has 20 heavy (non-hydrogen) atoms. The van der Waals surface area contributed by atoms with E-state index < -0.39 is 17.5 Å². The summed E-state index contributed by atoms with van der Waals surface area (Å²) in [6.07, 6.45) is 0.391. The Bertz CT molecular complexity index is 640. The molecule has 1 aromatic rings. The number of ether oxygens (including phenoxy) is 1. The molecule has 0 aliphatic carbocycles. The quantitative estimate of drug-likeness (QED) is 0.466. The average Bonchev–Trinajstić information content (AvgIpc) is 2.75. The van der Waals surface area contributed by atoms with Crippen molar-refractivity contribution in [3.63, 3.8) is 0 Å². The average molecular weight is 274 g/mol. The molecular weight excluding hydrogens is 260 g/mol. The molecule has 0 spiro atoms. The van der Waals surface area contributed by atoms with Crippen LogP contribution in [0, 0.1) is 0 Å². The molecule has 1 aromatic carbocycles. The summed E-state index contributed by atoms with van der Waals surface area (Å²) >= 11 is 0. The van der Waals surface area contributed by atoms with Gasteiger partial charge in [-0.05, 0) is 25.5 Å². The molecule has 1 fully saturated rings. The second-order valence-corrected chi connectivity index (χ2v) is 5.30. The fraction of sp³-hybridized carbons (Fsp3) is 0.357. The third-order valence-corrected chi connectivity index (χ3v) is 4.06. The number of hydrogen-bond donors (Lipinski definition) is 1. The molecule has 1 atom stereocenters. The van der Waals surface area contributed by atoms with E-state index in [1.54, 1.807) is 25.1 Å². The van der Waals surface area contributed by atoms with Gasteiger partial charge in [0.25, 0.3) is 5.91 Å². The van der Waals surface area contributed by atoms with Crippen molar-refractivity contribution in [2.24, 2.45) is 0 Å². The molecule has 2 N–H and O–H groups in total. The van der Waals surface area contributed by atoms with E-state index in [9.17, 15) is 14.4 Å². The monoisotopic (exact) mass is 274 g/mol. The number of cyclic esters (lactones) is 2. The summed E-state index contributed by atoms with van der Waals surface area (Å²) in [5.74, 6) is -1.47. The van der Waals surface area contributed by atoms with Crippen LogP contribution in [0.4, 0.5) is 5.69 Å². The van der Waals surface area contributed by atoms with Gasteiger partial charge in [0.05, 0.1) is 0 Å². The van der Waals surface area contributed by atoms with E-state index in [4.69, 9.17) is 5.73 Å². The molecule has 1 unspecified atom stereocenters. The number of hydrogen-bond acceptors (Lipinski definition) is 5. The zero-order valence-corrected chi connectivity index (χ0v) is 11.0. The maximum Gasteiger partial charge on any atom is 0.339 e. The van der Waals surface area contributed by atoms with Crippen molar-refractivity contribution in [3.8, 4) is 0 Å². The number of nitrogens with two attached hydrogens (primary N) is 1. The van der Waals surface area contributed by atoms with Gasteiger partial charge in [0, 0.05) is 29.8 Å². The van der Waals surface area contributed by atoms with E-state index in [1.165, 1.54) is 4.90 Å². The number of carbonyl (C=O) groups is 3. The molecule has 3 rings (SSSR count). The van der Waals surface area contributed by atoms with Crippen LogP contribution in [-0.4, -0.2) is 28.3 Å². The van der Waals surface area contributed by atoms with Gasteiger partial charge in [0.1, 0.15) is 5.54 Å². The van der Waals surface area contributed by atoms with Crippen molar-refractivity contribution in [2.45, 2.75) is 31.8 Å². The minimum absolute atomic E-state index is 0.123. The Morgan fingerprint density at radius 1 is 1.30 bits per heavy atom. The fourth-order valence-electron chi connectivity index (χ4n) is 2.71. The third-order valence-electron chi connectivity index (χ3n) is 4.06. The van der Waals surface area contributed by atoms with Crippen LogP contribution < -0.4 is 5.73 Å². The molecule has 1 saturated heterocycles. The molecule has 2 aliphatic rings. The second-order valence-electron chi connectivity index (χ2n) is 5.30. The molecule has 6 heteroatoms. The Morgan fingerprint density at radius 2 is 2.05 bits per heavy atom. The number of benzene rings is 1. The molecule has 104 valence electrons. The lowest BCUT2D eigenvalue weighted by Crippen LogP contribution is -2.56. The largest absolute Gasteiger partial charge is 0.398 e. The van der Waals surface area contributed by atoms with Crippen LogP contribution >= 0.6 is 0 Å². The predicted molar refractivity (Wildman–Crippen MR) is 69.5 cm³/mol. The van der Waals surface area contributed by atoms with Crippen molar-refractivity contribution in [1.29, 1.82) is 0 Å². The SMILES string of the molecule is CC1(N2Cc3c(N)cccc3C2=O)CCC(=O)OC1=O. The molecule has 2 aliphatic heterocycles. The normalized spacial score (nSPS) is 25.6. The first-order valence-corrected chi connectivity index (χ1v) is 6.38. The molecule has 0 saturated carbocycles. The number of rotatable bonds is 1. The first-order valence-electron chi connectivity index (χ1n) is 6.38. The zero-order valence-electron chi connectivity index (χ0n) is 11.0. The van der Waals surface area contributed by atoms with Crippen LogP contribution in [0.25, 0.3) is 0 Å². The lowest BCUT2D eigenvalue weighted by molar-refractivity contribution is -0.173. The number of anilines is 1. The van der Waals surface area contributed by atoms with E-state index >= 15 is 0 Å². The van der Waals surface area contributed by atoms with Crippen LogP contribution in [0.2, 0.25) is 0 Å². The van der Waals surface area contributed by atoms with Gasteiger partial charge in [0.2, 0.25) is 0 Å². The maximum absolute atomic E-state index is 12.5. The van der Waals surface area contributed by atoms with Crippen LogP contribution in [0.15, 0.2) is 18.2 Å². The summed E-state index contributed by atoms with van der Waals surface area (Å²) < 4.78 is 4.69. The topological polar surface area (TPSA) is 89.7 Å². The predicted octanol–water partition coefficient (Wildman–Crippen LogP) is 0.847. The molecule has 0 aromatic heterocycles. The van der Waals surface area contributed by atoms with E-state index in [-0.39, 0.29) is 25.3 Å². The van der Waals surface area contributed by atoms with Crippen LogP contribution in [0.5, 0.6) is 0 Å². The first kappa shape index (κ1) is 12.7. The molecular formula is C14H14N2O4. The highest BCUT2D eigenvalue weighted by Gasteiger charge is 2.50. The number of carbonyl (C=O) groups excluding carboxylic acids is 3. The molecule has 1 amide bonds. The van der Waals surface area contributed by atoms with E-state index in [0.717, 1.165) is 5.56 Å². The van der Waals surface area contributed by atoms with Gasteiger partial charge in [-0.2, -0.15) is 0 Å². The standard InChI is InChI=1S/C14H14N2O4/c1-14(6-5-11(17)20-13(14)19)16-7-9-8(12(16)18)3-2-4-10(9)15/h2-4H,5-7,15H2,1H3. The Labute approximate surface area is 115 Å². The van der Waals surface area contributed by atoms with Crippen molar-refractivity contribution in [3.05, 3.63) is 29.3 Å². The van der Waals surface area contributed by atoms with Gasteiger partial charge in [-0.15, -0.1) is 0 Å². The van der Waals surface area contributed by atoms with Gasteiger partial charge in [0.15, 0.2) is 0 Å². The fourth-order valence-corrected chi connectivity index (χ4v) is 2.71. The zero-order chi connectivity index (χ0) is 14.5. The van der Waals surface area contributed by atoms with Gasteiger partial charge in [-0.25, -0.2) is 4.79 Å². The third kappa shape index (κ3) is 1.61. The van der Waals surface area contributed by atoms with Crippen LogP contribution in [-0.2, 0) is 20.9 Å². The van der Waals surface area contributed by atoms with Crippen molar-refractivity contribution >= 4 is 23.5 Å². The summed E-state index contributed by atoms with van der Waals surface area (Å²) in [4.78, 5) is 37.1. The number of fused-ring (bicyclic) bond motifs is 1. The summed E-state index contributed by atoms with van der Waals surface area (Å²) in [6, 6.07) is 5.12. The van der Waals surface area contributed by atoms with Gasteiger partial charge in [-0.3, -0.25) is 9.59 Å². The minimum atomic E-state index is -1.11. The van der Waals surface area contributed by atoms with Crippen LogP contribution in [0.3, 0.4) is 0 Å². The van der Waals surface area contributed by atoms with Crippen molar-refractivity contribution in [1.82, 2.24) is 4.90 Å². The lowest BCUT2D eigenvalue weighted by Gasteiger charge is -2.38. The number of nitrogens with zero attached hydrogens (tertiary/aromatic N) is 1. The maximum atomic E-state index is 12.5. The van der Waals surface area contributed by atoms with E-state index in [2.05, 4.69) is 4.74 Å². The number of esters is 2. The Hall–Kier alpha value is -2.37. The summed E-state index contributed by atoms with van der Waals surface area (Å²) in [5.41, 5.74) is 6.53. The highest BCUT2D eigenvalue weighted by Crippen LogP contribution is 2.36. The highest BCUT2D eigenvalue weighted by atomic mass is 16.6. The lowest BCUT2D eigenvalue weighted by atomic mass is 9.91. The number of nitrogen functional groups attached to an aromatic ring is 1. The summed E-state index contributed by atoms with van der Waals surface area (Å²) in [7, 11) is 0. The highest BCUT2D eigenvalue weighted by molar-refractivity contribution is 6.04. The molecule has 6 nitrogen and oxygen atoms in total.